The van der Waals surface area contributed by atoms with Crippen LogP contribution in [0.15, 0.2) is 12.4 Å². The minimum Gasteiger partial charge on any atom is -0.383 e. The van der Waals surface area contributed by atoms with Gasteiger partial charge in [0.15, 0.2) is 0 Å². The predicted molar refractivity (Wildman–Crippen MR) is 73.7 cm³/mol. The highest BCUT2D eigenvalue weighted by Crippen LogP contribution is 2.28. The van der Waals surface area contributed by atoms with E-state index in [9.17, 15) is 0 Å². The van der Waals surface area contributed by atoms with Crippen LogP contribution in [-0.2, 0) is 11.3 Å². The average molecular weight is 251 g/mol. The van der Waals surface area contributed by atoms with Gasteiger partial charge < -0.3 is 10.1 Å². The molecule has 2 rings (SSSR count). The Hall–Kier alpha value is -1.03. The number of rotatable bonds is 6. The van der Waals surface area contributed by atoms with Crippen LogP contribution in [0.2, 0.25) is 0 Å². The van der Waals surface area contributed by atoms with Gasteiger partial charge in [-0.1, -0.05) is 19.8 Å². The zero-order valence-electron chi connectivity index (χ0n) is 11.6. The van der Waals surface area contributed by atoms with Crippen molar-refractivity contribution >= 4 is 5.69 Å². The molecule has 1 N–H and O–H groups in total. The monoisotopic (exact) mass is 251 g/mol. The molecule has 4 heteroatoms. The maximum absolute atomic E-state index is 5.04. The molecule has 1 saturated carbocycles. The lowest BCUT2D eigenvalue weighted by Crippen LogP contribution is -2.19. The molecule has 0 aliphatic heterocycles. The van der Waals surface area contributed by atoms with E-state index >= 15 is 0 Å². The number of nitrogens with zero attached hydrogens (tertiary/aromatic N) is 2. The molecule has 0 bridgehead atoms. The number of ether oxygens (including phenoxy) is 1. The third-order valence-corrected chi connectivity index (χ3v) is 3.89. The molecule has 0 atom stereocenters. The van der Waals surface area contributed by atoms with Crippen molar-refractivity contribution in [2.45, 2.75) is 39.2 Å². The summed E-state index contributed by atoms with van der Waals surface area (Å²) >= 11 is 0. The molecule has 1 aromatic rings. The van der Waals surface area contributed by atoms with Crippen LogP contribution in [0.5, 0.6) is 0 Å². The summed E-state index contributed by atoms with van der Waals surface area (Å²) in [5.41, 5.74) is 1.13. The molecular formula is C14H25N3O. The first-order valence-corrected chi connectivity index (χ1v) is 7.03. The van der Waals surface area contributed by atoms with Crippen molar-refractivity contribution in [1.29, 1.82) is 0 Å². The van der Waals surface area contributed by atoms with Gasteiger partial charge in [-0.05, 0) is 24.7 Å². The van der Waals surface area contributed by atoms with Gasteiger partial charge in [-0.2, -0.15) is 5.10 Å². The predicted octanol–water partition coefficient (Wildman–Crippen LogP) is 2.77. The first-order chi connectivity index (χ1) is 8.78. The highest BCUT2D eigenvalue weighted by atomic mass is 16.5. The quantitative estimate of drug-likeness (QED) is 0.845. The van der Waals surface area contributed by atoms with E-state index in [2.05, 4.69) is 23.5 Å². The number of nitrogens with one attached hydrogen (secondary N) is 1. The third-order valence-electron chi connectivity index (χ3n) is 3.89. The Bertz CT molecular complexity index is 343. The van der Waals surface area contributed by atoms with Crippen molar-refractivity contribution in [3.8, 4) is 0 Å². The Morgan fingerprint density at radius 2 is 2.17 bits per heavy atom. The lowest BCUT2D eigenvalue weighted by Gasteiger charge is -2.26. The number of methoxy groups -OCH3 is 1. The Kier molecular flexibility index (Phi) is 5.05. The first-order valence-electron chi connectivity index (χ1n) is 7.03. The van der Waals surface area contributed by atoms with Crippen molar-refractivity contribution < 1.29 is 4.74 Å². The highest BCUT2D eigenvalue weighted by Gasteiger charge is 2.17. The van der Waals surface area contributed by atoms with Crippen LogP contribution in [0.4, 0.5) is 5.69 Å². The molecule has 102 valence electrons. The van der Waals surface area contributed by atoms with E-state index in [4.69, 9.17) is 4.74 Å². The minimum absolute atomic E-state index is 0.710. The molecule has 1 aliphatic rings. The van der Waals surface area contributed by atoms with Gasteiger partial charge in [0.1, 0.15) is 0 Å². The van der Waals surface area contributed by atoms with Crippen LogP contribution in [0.25, 0.3) is 0 Å². The van der Waals surface area contributed by atoms with Crippen LogP contribution in [0.3, 0.4) is 0 Å². The van der Waals surface area contributed by atoms with Gasteiger partial charge in [-0.3, -0.25) is 4.68 Å². The van der Waals surface area contributed by atoms with Crippen molar-refractivity contribution in [3.63, 3.8) is 0 Å². The molecule has 4 nitrogen and oxygen atoms in total. The van der Waals surface area contributed by atoms with Crippen LogP contribution in [0.1, 0.15) is 32.6 Å². The third kappa shape index (κ3) is 4.02. The normalized spacial score (nSPS) is 24.1. The van der Waals surface area contributed by atoms with E-state index in [-0.39, 0.29) is 0 Å². The largest absolute Gasteiger partial charge is 0.383 e. The van der Waals surface area contributed by atoms with Gasteiger partial charge in [0, 0.05) is 19.9 Å². The fraction of sp³-hybridized carbons (Fsp3) is 0.786. The Balaban J connectivity index is 1.71. The summed E-state index contributed by atoms with van der Waals surface area (Å²) < 4.78 is 6.96. The second-order valence-corrected chi connectivity index (χ2v) is 5.49. The van der Waals surface area contributed by atoms with E-state index in [0.717, 1.165) is 30.6 Å². The smallest absolute Gasteiger partial charge is 0.0726 e. The van der Waals surface area contributed by atoms with Gasteiger partial charge in [-0.25, -0.2) is 0 Å². The molecule has 0 aromatic carbocycles. The number of hydrogen-bond acceptors (Lipinski definition) is 3. The van der Waals surface area contributed by atoms with Gasteiger partial charge in [-0.15, -0.1) is 0 Å². The van der Waals surface area contributed by atoms with Gasteiger partial charge in [0.2, 0.25) is 0 Å². The van der Waals surface area contributed by atoms with Crippen LogP contribution in [-0.4, -0.2) is 30.0 Å². The van der Waals surface area contributed by atoms with Crippen molar-refractivity contribution in [3.05, 3.63) is 12.4 Å². The summed E-state index contributed by atoms with van der Waals surface area (Å²) in [5.74, 6) is 1.77. The molecular weight excluding hydrogens is 226 g/mol. The molecule has 1 aliphatic carbocycles. The fourth-order valence-corrected chi connectivity index (χ4v) is 2.56. The molecule has 0 saturated heterocycles. The number of anilines is 1. The first kappa shape index (κ1) is 13.4. The maximum atomic E-state index is 5.04. The van der Waals surface area contributed by atoms with E-state index in [1.807, 2.05) is 10.9 Å². The number of hydrogen-bond donors (Lipinski definition) is 1. The molecule has 18 heavy (non-hydrogen) atoms. The van der Waals surface area contributed by atoms with Crippen molar-refractivity contribution in [1.82, 2.24) is 9.78 Å². The molecule has 1 heterocycles. The number of aromatic nitrogens is 2. The van der Waals surface area contributed by atoms with E-state index < -0.39 is 0 Å². The molecule has 0 spiro atoms. The lowest BCUT2D eigenvalue weighted by molar-refractivity contribution is 0.183. The minimum atomic E-state index is 0.710. The summed E-state index contributed by atoms with van der Waals surface area (Å²) in [7, 11) is 1.72. The van der Waals surface area contributed by atoms with Crippen molar-refractivity contribution in [2.24, 2.45) is 11.8 Å². The maximum Gasteiger partial charge on any atom is 0.0726 e. The lowest BCUT2D eigenvalue weighted by atomic mass is 9.83. The highest BCUT2D eigenvalue weighted by molar-refractivity contribution is 5.38. The van der Waals surface area contributed by atoms with E-state index in [1.54, 1.807) is 7.11 Å². The van der Waals surface area contributed by atoms with E-state index in [0.29, 0.717) is 6.61 Å². The van der Waals surface area contributed by atoms with Gasteiger partial charge in [0.05, 0.1) is 25.0 Å². The van der Waals surface area contributed by atoms with Gasteiger partial charge >= 0.3 is 0 Å². The van der Waals surface area contributed by atoms with E-state index in [1.165, 1.54) is 25.7 Å². The molecule has 0 unspecified atom stereocenters. The molecule has 1 fully saturated rings. The van der Waals surface area contributed by atoms with Gasteiger partial charge in [0.25, 0.3) is 0 Å². The molecule has 0 radical (unpaired) electrons. The summed E-state index contributed by atoms with van der Waals surface area (Å²) in [5, 5.41) is 7.81. The topological polar surface area (TPSA) is 39.1 Å². The van der Waals surface area contributed by atoms with Crippen LogP contribution in [0, 0.1) is 11.8 Å². The summed E-state index contributed by atoms with van der Waals surface area (Å²) in [6.07, 6.45) is 9.47. The SMILES string of the molecule is COCCn1cc(NCC2CCC(C)CC2)cn1. The Morgan fingerprint density at radius 1 is 1.39 bits per heavy atom. The molecule has 0 amide bonds. The van der Waals surface area contributed by atoms with Crippen LogP contribution < -0.4 is 5.32 Å². The second kappa shape index (κ2) is 6.78. The average Bonchev–Trinajstić information content (AvgIpc) is 2.84. The summed E-state index contributed by atoms with van der Waals surface area (Å²) in [4.78, 5) is 0. The zero-order chi connectivity index (χ0) is 12.8. The summed E-state index contributed by atoms with van der Waals surface area (Å²) in [6, 6.07) is 0. The zero-order valence-corrected chi connectivity index (χ0v) is 11.6. The standard InChI is InChI=1S/C14H25N3O/c1-12-3-5-13(6-4-12)9-15-14-10-16-17(11-14)7-8-18-2/h10-13,15H,3-9H2,1-2H3. The second-order valence-electron chi connectivity index (χ2n) is 5.49. The Labute approximate surface area is 110 Å². The molecule has 1 aromatic heterocycles. The van der Waals surface area contributed by atoms with Crippen LogP contribution >= 0.6 is 0 Å². The fourth-order valence-electron chi connectivity index (χ4n) is 2.56. The summed E-state index contributed by atoms with van der Waals surface area (Å²) in [6.45, 7) is 4.98. The van der Waals surface area contributed by atoms with Crippen molar-refractivity contribution in [2.75, 3.05) is 25.6 Å². The Morgan fingerprint density at radius 3 is 2.89 bits per heavy atom.